The minimum absolute atomic E-state index is 0.162. The van der Waals surface area contributed by atoms with Crippen LogP contribution in [0.15, 0.2) is 54.1 Å². The average Bonchev–Trinajstić information content (AvgIpc) is 3.13. The predicted octanol–water partition coefficient (Wildman–Crippen LogP) is 4.96. The zero-order valence-electron chi connectivity index (χ0n) is 25.8. The van der Waals surface area contributed by atoms with E-state index in [1.54, 1.807) is 43.3 Å². The summed E-state index contributed by atoms with van der Waals surface area (Å²) in [5.74, 6) is -3.71. The Morgan fingerprint density at radius 1 is 0.881 bits per heavy atom. The molecule has 1 fully saturated rings. The van der Waals surface area contributed by atoms with Crippen LogP contribution in [-0.4, -0.2) is 59.0 Å². The van der Waals surface area contributed by atoms with E-state index in [1.807, 2.05) is 39.8 Å². The highest BCUT2D eigenvalue weighted by molar-refractivity contribution is 5.89. The Kier molecular flexibility index (Phi) is 10.4. The fourth-order valence-corrected chi connectivity index (χ4v) is 6.17. The lowest BCUT2D eigenvalue weighted by molar-refractivity contribution is -0.173. The molecule has 1 aromatic carbocycles. The Hall–Kier alpha value is -3.46. The predicted molar refractivity (Wildman–Crippen MR) is 155 cm³/mol. The third-order valence-corrected chi connectivity index (χ3v) is 8.31. The molecule has 2 aliphatic rings. The fourth-order valence-electron chi connectivity index (χ4n) is 6.17. The number of benzene rings is 1. The molecule has 0 amide bonds. The normalized spacial score (nSPS) is 34.7. The smallest absolute Gasteiger partial charge is 0.338 e. The average molecular weight is 585 g/mol. The second kappa shape index (κ2) is 13.2. The second-order valence-electron chi connectivity index (χ2n) is 12.3. The molecule has 230 valence electrons. The molecule has 0 radical (unpaired) electrons. The summed E-state index contributed by atoms with van der Waals surface area (Å²) >= 11 is 0. The highest BCUT2D eigenvalue weighted by atomic mass is 16.6. The standard InChI is InChI=1S/C33H44O9/c1-19-14-15-32(7,8)28(40-23(5)35)17-27(39-22(4)34)20(2)16-26-29(42-31(37)25-12-10-9-11-13-25)21(3)18-33(26,38)30(19)41-24(6)36/h9-16,19,21,26-30,38H,17-18H2,1-8H3/b15-14-,20-16+. The van der Waals surface area contributed by atoms with Gasteiger partial charge in [0, 0.05) is 44.4 Å². The van der Waals surface area contributed by atoms with Crippen molar-refractivity contribution in [1.29, 1.82) is 0 Å². The van der Waals surface area contributed by atoms with Crippen LogP contribution in [0.25, 0.3) is 0 Å². The van der Waals surface area contributed by atoms with Crippen LogP contribution in [0, 0.1) is 23.2 Å². The molecule has 9 nitrogen and oxygen atoms in total. The number of ether oxygens (including phenoxy) is 4. The topological polar surface area (TPSA) is 125 Å². The summed E-state index contributed by atoms with van der Waals surface area (Å²) in [5.41, 5.74) is -1.39. The molecule has 2 aliphatic carbocycles. The van der Waals surface area contributed by atoms with Crippen molar-refractivity contribution >= 4 is 23.9 Å². The summed E-state index contributed by atoms with van der Waals surface area (Å²) in [7, 11) is 0. The second-order valence-corrected chi connectivity index (χ2v) is 12.3. The number of carbonyl (C=O) groups excluding carboxylic acids is 4. The van der Waals surface area contributed by atoms with E-state index in [-0.39, 0.29) is 18.8 Å². The monoisotopic (exact) mass is 584 g/mol. The Morgan fingerprint density at radius 2 is 1.48 bits per heavy atom. The Morgan fingerprint density at radius 3 is 2.05 bits per heavy atom. The number of fused-ring (bicyclic) bond motifs is 1. The zero-order valence-corrected chi connectivity index (χ0v) is 25.8. The zero-order chi connectivity index (χ0) is 31.4. The van der Waals surface area contributed by atoms with Gasteiger partial charge in [-0.05, 0) is 37.0 Å². The molecule has 8 unspecified atom stereocenters. The summed E-state index contributed by atoms with van der Waals surface area (Å²) in [5, 5.41) is 12.5. The maximum absolute atomic E-state index is 13.2. The number of carbonyl (C=O) groups is 4. The molecule has 1 saturated carbocycles. The highest BCUT2D eigenvalue weighted by Crippen LogP contribution is 2.48. The summed E-state index contributed by atoms with van der Waals surface area (Å²) in [6, 6.07) is 8.57. The van der Waals surface area contributed by atoms with Gasteiger partial charge < -0.3 is 24.1 Å². The van der Waals surface area contributed by atoms with E-state index in [0.717, 1.165) is 0 Å². The minimum Gasteiger partial charge on any atom is -0.461 e. The maximum Gasteiger partial charge on any atom is 0.338 e. The number of hydrogen-bond donors (Lipinski definition) is 1. The van der Waals surface area contributed by atoms with Gasteiger partial charge in [0.1, 0.15) is 30.0 Å². The van der Waals surface area contributed by atoms with Crippen LogP contribution in [-0.2, 0) is 33.3 Å². The number of esters is 4. The number of hydrogen-bond acceptors (Lipinski definition) is 9. The van der Waals surface area contributed by atoms with Crippen LogP contribution in [0.2, 0.25) is 0 Å². The summed E-state index contributed by atoms with van der Waals surface area (Å²) < 4.78 is 23.3. The number of rotatable bonds is 5. The minimum atomic E-state index is -1.63. The SMILES string of the molecule is CC(=O)OC1CC(OC(C)=O)C(C)(C)/C=C\C(C)C(OC(C)=O)C2(O)CC(C)C(OC(=O)c3ccccc3)C2/C=C/1C. The molecule has 0 aliphatic heterocycles. The van der Waals surface area contributed by atoms with Gasteiger partial charge in [0.15, 0.2) is 0 Å². The van der Waals surface area contributed by atoms with Crippen molar-refractivity contribution in [3.05, 3.63) is 59.7 Å². The lowest BCUT2D eigenvalue weighted by Gasteiger charge is -2.41. The Balaban J connectivity index is 2.20. The summed E-state index contributed by atoms with van der Waals surface area (Å²) in [4.78, 5) is 49.9. The van der Waals surface area contributed by atoms with E-state index >= 15 is 0 Å². The third-order valence-electron chi connectivity index (χ3n) is 8.31. The molecule has 1 aromatic rings. The van der Waals surface area contributed by atoms with E-state index < -0.39 is 71.1 Å². The quantitative estimate of drug-likeness (QED) is 0.290. The lowest BCUT2D eigenvalue weighted by atomic mass is 9.75. The molecule has 9 heteroatoms. The lowest BCUT2D eigenvalue weighted by Crippen LogP contribution is -2.52. The van der Waals surface area contributed by atoms with E-state index in [9.17, 15) is 24.3 Å². The molecule has 3 rings (SSSR count). The van der Waals surface area contributed by atoms with Gasteiger partial charge in [-0.25, -0.2) is 4.79 Å². The first kappa shape index (κ1) is 33.0. The van der Waals surface area contributed by atoms with Gasteiger partial charge in [0.05, 0.1) is 5.56 Å². The van der Waals surface area contributed by atoms with Crippen molar-refractivity contribution in [2.45, 2.75) is 98.2 Å². The van der Waals surface area contributed by atoms with Crippen molar-refractivity contribution in [3.63, 3.8) is 0 Å². The van der Waals surface area contributed by atoms with Gasteiger partial charge in [-0.2, -0.15) is 0 Å². The molecule has 8 atom stereocenters. The first-order valence-corrected chi connectivity index (χ1v) is 14.4. The molecule has 0 bridgehead atoms. The van der Waals surface area contributed by atoms with Crippen LogP contribution >= 0.6 is 0 Å². The molecule has 0 spiro atoms. The van der Waals surface area contributed by atoms with Crippen LogP contribution in [0.5, 0.6) is 0 Å². The van der Waals surface area contributed by atoms with E-state index in [4.69, 9.17) is 18.9 Å². The number of aliphatic hydroxyl groups is 1. The van der Waals surface area contributed by atoms with Crippen molar-refractivity contribution in [1.82, 2.24) is 0 Å². The maximum atomic E-state index is 13.2. The molecule has 42 heavy (non-hydrogen) atoms. The molecule has 1 N–H and O–H groups in total. The van der Waals surface area contributed by atoms with Crippen molar-refractivity contribution in [2.24, 2.45) is 23.2 Å². The molecular formula is C33H44O9. The van der Waals surface area contributed by atoms with Crippen molar-refractivity contribution in [2.75, 3.05) is 0 Å². The highest BCUT2D eigenvalue weighted by Gasteiger charge is 2.58. The summed E-state index contributed by atoms with van der Waals surface area (Å²) in [6.07, 6.45) is 2.54. The largest absolute Gasteiger partial charge is 0.461 e. The van der Waals surface area contributed by atoms with Gasteiger partial charge in [-0.15, -0.1) is 0 Å². The summed E-state index contributed by atoms with van der Waals surface area (Å²) in [6.45, 7) is 13.2. The van der Waals surface area contributed by atoms with Crippen molar-refractivity contribution < 1.29 is 43.2 Å². The van der Waals surface area contributed by atoms with Crippen LogP contribution in [0.4, 0.5) is 0 Å². The van der Waals surface area contributed by atoms with Gasteiger partial charge in [0.25, 0.3) is 0 Å². The first-order chi connectivity index (χ1) is 19.5. The van der Waals surface area contributed by atoms with E-state index in [2.05, 4.69) is 0 Å². The van der Waals surface area contributed by atoms with Crippen LogP contribution in [0.1, 0.15) is 78.6 Å². The van der Waals surface area contributed by atoms with E-state index in [1.165, 1.54) is 20.8 Å². The Labute approximate surface area is 248 Å². The van der Waals surface area contributed by atoms with Gasteiger partial charge >= 0.3 is 23.9 Å². The van der Waals surface area contributed by atoms with Crippen LogP contribution < -0.4 is 0 Å². The molecular weight excluding hydrogens is 540 g/mol. The van der Waals surface area contributed by atoms with Gasteiger partial charge in [-0.3, -0.25) is 14.4 Å². The Bertz CT molecular complexity index is 1220. The molecule has 0 saturated heterocycles. The van der Waals surface area contributed by atoms with Gasteiger partial charge in [0.2, 0.25) is 0 Å². The van der Waals surface area contributed by atoms with Crippen molar-refractivity contribution in [3.8, 4) is 0 Å². The van der Waals surface area contributed by atoms with Crippen LogP contribution in [0.3, 0.4) is 0 Å². The first-order valence-electron chi connectivity index (χ1n) is 14.4. The third kappa shape index (κ3) is 7.68. The fraction of sp³-hybridized carbons (Fsp3) is 0.576. The molecule has 0 heterocycles. The van der Waals surface area contributed by atoms with Gasteiger partial charge in [-0.1, -0.05) is 64.1 Å². The van der Waals surface area contributed by atoms with E-state index in [0.29, 0.717) is 11.1 Å². The molecule has 0 aromatic heterocycles.